The predicted octanol–water partition coefficient (Wildman–Crippen LogP) is 3.69. The van der Waals surface area contributed by atoms with Gasteiger partial charge in [-0.3, -0.25) is 19.0 Å². The maximum atomic E-state index is 13.9. The molecule has 39 heavy (non-hydrogen) atoms. The second kappa shape index (κ2) is 10.6. The van der Waals surface area contributed by atoms with E-state index in [2.05, 4.69) is 10.6 Å². The lowest BCUT2D eigenvalue weighted by atomic mass is 9.91. The van der Waals surface area contributed by atoms with Crippen LogP contribution in [0.5, 0.6) is 5.75 Å². The Morgan fingerprint density at radius 2 is 1.56 bits per heavy atom. The maximum absolute atomic E-state index is 13.9. The number of aromatic nitrogens is 2. The molecule has 10 heteroatoms. The van der Waals surface area contributed by atoms with Gasteiger partial charge in [0.1, 0.15) is 5.39 Å². The number of amides is 2. The third kappa shape index (κ3) is 4.85. The molecular weight excluding hydrogens is 500 g/mol. The quantitative estimate of drug-likeness (QED) is 0.312. The smallest absolute Gasteiger partial charge is 0.404 e. The molecule has 2 amide bonds. The average molecular weight is 531 g/mol. The largest absolute Gasteiger partial charge is 0.493 e. The minimum Gasteiger partial charge on any atom is -0.493 e. The normalized spacial score (nSPS) is 17.2. The predicted molar refractivity (Wildman–Crippen MR) is 147 cm³/mol. The van der Waals surface area contributed by atoms with Gasteiger partial charge < -0.3 is 25.0 Å². The highest BCUT2D eigenvalue weighted by Crippen LogP contribution is 2.35. The third-order valence-corrected chi connectivity index (χ3v) is 7.47. The van der Waals surface area contributed by atoms with E-state index in [1.165, 1.54) is 11.7 Å². The molecule has 10 nitrogen and oxygen atoms in total. The molecule has 0 aliphatic heterocycles. The zero-order valence-corrected chi connectivity index (χ0v) is 21.8. The van der Waals surface area contributed by atoms with E-state index in [1.807, 2.05) is 18.2 Å². The van der Waals surface area contributed by atoms with Crippen molar-refractivity contribution in [2.45, 2.75) is 44.3 Å². The number of ether oxygens (including phenoxy) is 1. The van der Waals surface area contributed by atoms with Gasteiger partial charge in [0.25, 0.3) is 11.5 Å². The third-order valence-electron chi connectivity index (χ3n) is 7.47. The number of ketones is 1. The molecule has 1 aliphatic rings. The molecule has 0 saturated heterocycles. The summed E-state index contributed by atoms with van der Waals surface area (Å²) in [5.74, 6) is -0.429. The lowest BCUT2D eigenvalue weighted by Gasteiger charge is -2.29. The molecule has 2 heterocycles. The number of benzene rings is 2. The van der Waals surface area contributed by atoms with Gasteiger partial charge >= 0.3 is 6.09 Å². The van der Waals surface area contributed by atoms with E-state index >= 15 is 0 Å². The zero-order chi connectivity index (χ0) is 27.7. The molecule has 5 rings (SSSR count). The van der Waals surface area contributed by atoms with Crippen LogP contribution in [0.1, 0.15) is 46.5 Å². The first-order valence-corrected chi connectivity index (χ1v) is 12.9. The minimum atomic E-state index is -1.05. The van der Waals surface area contributed by atoms with Crippen molar-refractivity contribution in [1.29, 1.82) is 0 Å². The molecule has 0 spiro atoms. The van der Waals surface area contributed by atoms with Crippen LogP contribution in [-0.4, -0.2) is 51.2 Å². The standard InChI is InChI=1S/C29H30N4O6/c1-32-24-20-10-6-7-11-21(20)33(16-22(34)17-8-4-3-5-9-17)28(36)23(24)26(39-2)25(32)27(35)30-18-12-14-19(15-13-18)31-29(37)38/h3-11,18-19,31H,12-16H2,1-2H3,(H,30,35)(H,37,38). The van der Waals surface area contributed by atoms with Crippen LogP contribution >= 0.6 is 0 Å². The number of carboxylic acid groups (broad SMARTS) is 1. The number of hydrogen-bond donors (Lipinski definition) is 3. The van der Waals surface area contributed by atoms with Crippen LogP contribution in [0.3, 0.4) is 0 Å². The fourth-order valence-corrected chi connectivity index (χ4v) is 5.61. The van der Waals surface area contributed by atoms with Crippen molar-refractivity contribution in [2.75, 3.05) is 7.11 Å². The van der Waals surface area contributed by atoms with Gasteiger partial charge in [-0.2, -0.15) is 0 Å². The molecule has 0 radical (unpaired) electrons. The van der Waals surface area contributed by atoms with Crippen LogP contribution in [0.25, 0.3) is 21.8 Å². The number of aryl methyl sites for hydroxylation is 1. The van der Waals surface area contributed by atoms with Crippen molar-refractivity contribution < 1.29 is 24.2 Å². The minimum absolute atomic E-state index is 0.133. The van der Waals surface area contributed by atoms with Gasteiger partial charge in [-0.15, -0.1) is 0 Å². The first kappa shape index (κ1) is 26.0. The summed E-state index contributed by atoms with van der Waals surface area (Å²) in [6.07, 6.45) is 1.44. The number of nitrogens with zero attached hydrogens (tertiary/aromatic N) is 2. The Bertz CT molecular complexity index is 1630. The van der Waals surface area contributed by atoms with E-state index in [-0.39, 0.29) is 47.1 Å². The van der Waals surface area contributed by atoms with Gasteiger partial charge in [-0.1, -0.05) is 48.5 Å². The van der Waals surface area contributed by atoms with Gasteiger partial charge in [0.15, 0.2) is 17.2 Å². The van der Waals surface area contributed by atoms with Crippen LogP contribution in [0.15, 0.2) is 59.4 Å². The van der Waals surface area contributed by atoms with Crippen LogP contribution in [0.2, 0.25) is 0 Å². The Labute approximate surface area is 224 Å². The Balaban J connectivity index is 1.55. The highest BCUT2D eigenvalue weighted by molar-refractivity contribution is 6.12. The number of nitrogens with one attached hydrogen (secondary N) is 2. The SMILES string of the molecule is COc1c(C(=O)NC2CCC(NC(=O)O)CC2)n(C)c2c1c(=O)n(CC(=O)c1ccccc1)c1ccccc21. The summed E-state index contributed by atoms with van der Waals surface area (Å²) in [5.41, 5.74) is 1.43. The summed E-state index contributed by atoms with van der Waals surface area (Å²) in [5, 5.41) is 15.5. The van der Waals surface area contributed by atoms with Crippen LogP contribution in [0, 0.1) is 0 Å². The number of fused-ring (bicyclic) bond motifs is 3. The summed E-state index contributed by atoms with van der Waals surface area (Å²) < 4.78 is 8.78. The number of carbonyl (C=O) groups is 3. The lowest BCUT2D eigenvalue weighted by Crippen LogP contribution is -2.43. The number of para-hydroxylation sites is 1. The number of rotatable bonds is 7. The highest BCUT2D eigenvalue weighted by atomic mass is 16.5. The van der Waals surface area contributed by atoms with Gasteiger partial charge in [0, 0.05) is 30.1 Å². The topological polar surface area (TPSA) is 132 Å². The van der Waals surface area contributed by atoms with Crippen LogP contribution < -0.4 is 20.9 Å². The van der Waals surface area contributed by atoms with Crippen molar-refractivity contribution in [3.63, 3.8) is 0 Å². The molecule has 2 aromatic heterocycles. The highest BCUT2D eigenvalue weighted by Gasteiger charge is 2.30. The molecule has 4 aromatic rings. The molecular formula is C29H30N4O6. The van der Waals surface area contributed by atoms with Gasteiger partial charge in [0.2, 0.25) is 0 Å². The van der Waals surface area contributed by atoms with Gasteiger partial charge in [-0.05, 0) is 31.7 Å². The summed E-state index contributed by atoms with van der Waals surface area (Å²) >= 11 is 0. The van der Waals surface area contributed by atoms with E-state index in [0.29, 0.717) is 47.7 Å². The van der Waals surface area contributed by atoms with Crippen molar-refractivity contribution in [3.05, 3.63) is 76.2 Å². The number of methoxy groups -OCH3 is 1. The Hall–Kier alpha value is -4.60. The van der Waals surface area contributed by atoms with E-state index in [1.54, 1.807) is 48.0 Å². The Morgan fingerprint density at radius 3 is 2.21 bits per heavy atom. The number of hydrogen-bond acceptors (Lipinski definition) is 5. The second-order valence-electron chi connectivity index (χ2n) is 9.83. The summed E-state index contributed by atoms with van der Waals surface area (Å²) in [6.45, 7) is -0.160. The number of Topliss-reactive ketones (excluding diaryl/α,β-unsaturated/α-hetero) is 1. The van der Waals surface area contributed by atoms with Crippen molar-refractivity contribution >= 4 is 39.6 Å². The number of carbonyl (C=O) groups excluding carboxylic acids is 2. The second-order valence-corrected chi connectivity index (χ2v) is 9.83. The Morgan fingerprint density at radius 1 is 0.949 bits per heavy atom. The fourth-order valence-electron chi connectivity index (χ4n) is 5.61. The monoisotopic (exact) mass is 530 g/mol. The van der Waals surface area contributed by atoms with E-state index in [9.17, 15) is 19.2 Å². The molecule has 1 saturated carbocycles. The average Bonchev–Trinajstić information content (AvgIpc) is 3.24. The molecule has 3 N–H and O–H groups in total. The van der Waals surface area contributed by atoms with Crippen LogP contribution in [-0.2, 0) is 13.6 Å². The number of pyridine rings is 1. The molecule has 0 unspecified atom stereocenters. The summed E-state index contributed by atoms with van der Waals surface area (Å²) in [4.78, 5) is 51.5. The molecule has 2 aromatic carbocycles. The van der Waals surface area contributed by atoms with E-state index in [0.717, 1.165) is 0 Å². The molecule has 202 valence electrons. The molecule has 1 fully saturated rings. The van der Waals surface area contributed by atoms with E-state index in [4.69, 9.17) is 9.84 Å². The lowest BCUT2D eigenvalue weighted by molar-refractivity contribution is 0.0911. The molecule has 0 bridgehead atoms. The van der Waals surface area contributed by atoms with Crippen molar-refractivity contribution in [3.8, 4) is 5.75 Å². The molecule has 0 atom stereocenters. The first-order valence-electron chi connectivity index (χ1n) is 12.9. The summed E-state index contributed by atoms with van der Waals surface area (Å²) in [7, 11) is 3.14. The fraction of sp³-hybridized carbons (Fsp3) is 0.310. The first-order chi connectivity index (χ1) is 18.8. The Kier molecular flexibility index (Phi) is 7.10. The van der Waals surface area contributed by atoms with Crippen molar-refractivity contribution in [1.82, 2.24) is 19.8 Å². The zero-order valence-electron chi connectivity index (χ0n) is 21.8. The molecule has 1 aliphatic carbocycles. The van der Waals surface area contributed by atoms with E-state index < -0.39 is 11.7 Å². The maximum Gasteiger partial charge on any atom is 0.404 e. The summed E-state index contributed by atoms with van der Waals surface area (Å²) in [6, 6.07) is 15.8. The van der Waals surface area contributed by atoms with Crippen LogP contribution in [0.4, 0.5) is 4.79 Å². The van der Waals surface area contributed by atoms with Crippen molar-refractivity contribution in [2.24, 2.45) is 7.05 Å². The van der Waals surface area contributed by atoms with Gasteiger partial charge in [0.05, 0.1) is 24.7 Å². The van der Waals surface area contributed by atoms with Gasteiger partial charge in [-0.25, -0.2) is 4.79 Å².